The molecule has 0 fully saturated rings. The molecule has 0 aliphatic heterocycles. The molecular weight excluding hydrogens is 276 g/mol. The van der Waals surface area contributed by atoms with Gasteiger partial charge in [-0.05, 0) is 48.3 Å². The summed E-state index contributed by atoms with van der Waals surface area (Å²) in [5.74, 6) is 1.96. The zero-order valence-corrected chi connectivity index (χ0v) is 14.9. The first kappa shape index (κ1) is 19.0. The minimum atomic E-state index is -0.353. The fourth-order valence-corrected chi connectivity index (χ4v) is 2.64. The first-order chi connectivity index (χ1) is 10.2. The van der Waals surface area contributed by atoms with E-state index in [0.29, 0.717) is 23.9 Å². The highest BCUT2D eigenvalue weighted by molar-refractivity contribution is 5.30. The second kappa shape index (κ2) is 8.54. The number of hydrogen-bond acceptors (Lipinski definition) is 3. The summed E-state index contributed by atoms with van der Waals surface area (Å²) in [6.45, 7) is 13.6. The van der Waals surface area contributed by atoms with Crippen molar-refractivity contribution in [3.8, 4) is 5.75 Å². The number of rotatable bonds is 8. The molecule has 1 aromatic rings. The van der Waals surface area contributed by atoms with Crippen LogP contribution in [0.15, 0.2) is 24.3 Å². The molecule has 1 N–H and O–H groups in total. The number of hydrogen-bond donors (Lipinski definition) is 1. The lowest BCUT2D eigenvalue weighted by molar-refractivity contribution is -0.0760. The van der Waals surface area contributed by atoms with Crippen molar-refractivity contribution in [2.24, 2.45) is 11.3 Å². The van der Waals surface area contributed by atoms with Crippen LogP contribution >= 0.6 is 0 Å². The summed E-state index contributed by atoms with van der Waals surface area (Å²) in [5.41, 5.74) is 1.68. The molecule has 0 spiro atoms. The molecule has 2 atom stereocenters. The van der Waals surface area contributed by atoms with Gasteiger partial charge in [0, 0.05) is 0 Å². The number of ether oxygens (including phenoxy) is 2. The molecule has 1 rings (SSSR count). The highest BCUT2D eigenvalue weighted by atomic mass is 16.7. The van der Waals surface area contributed by atoms with Crippen molar-refractivity contribution in [1.29, 1.82) is 0 Å². The van der Waals surface area contributed by atoms with E-state index in [1.165, 1.54) is 12.0 Å². The van der Waals surface area contributed by atoms with Crippen LogP contribution in [0.25, 0.3) is 0 Å². The summed E-state index contributed by atoms with van der Waals surface area (Å²) in [6, 6.07) is 8.33. The van der Waals surface area contributed by atoms with Gasteiger partial charge in [-0.2, -0.15) is 0 Å². The van der Waals surface area contributed by atoms with E-state index in [1.54, 1.807) is 0 Å². The Hall–Kier alpha value is -1.06. The standard InChI is InChI=1S/C19H32O3/c1-14(2)18(13-19(4,5)6)16-7-9-17(10-8-16)22-15(3)21-12-11-20/h7-10,14-15,18,20H,11-13H2,1-6H3. The molecule has 0 saturated heterocycles. The Bertz CT molecular complexity index is 417. The van der Waals surface area contributed by atoms with E-state index >= 15 is 0 Å². The quantitative estimate of drug-likeness (QED) is 0.714. The molecule has 3 heteroatoms. The van der Waals surface area contributed by atoms with Crippen LogP contribution in [-0.4, -0.2) is 24.6 Å². The van der Waals surface area contributed by atoms with Gasteiger partial charge in [0.25, 0.3) is 0 Å². The van der Waals surface area contributed by atoms with E-state index < -0.39 is 0 Å². The minimum Gasteiger partial charge on any atom is -0.465 e. The molecule has 0 aliphatic carbocycles. The van der Waals surface area contributed by atoms with Gasteiger partial charge >= 0.3 is 0 Å². The van der Waals surface area contributed by atoms with Crippen molar-refractivity contribution >= 4 is 0 Å². The Morgan fingerprint density at radius 1 is 1.05 bits per heavy atom. The monoisotopic (exact) mass is 308 g/mol. The lowest BCUT2D eigenvalue weighted by Gasteiger charge is -2.29. The number of aliphatic hydroxyl groups excluding tert-OH is 1. The van der Waals surface area contributed by atoms with Crippen LogP contribution in [0.5, 0.6) is 5.75 Å². The summed E-state index contributed by atoms with van der Waals surface area (Å²) in [7, 11) is 0. The zero-order valence-electron chi connectivity index (χ0n) is 14.9. The Kier molecular flexibility index (Phi) is 7.37. The van der Waals surface area contributed by atoms with Gasteiger partial charge in [0.1, 0.15) is 5.75 Å². The maximum absolute atomic E-state index is 8.74. The van der Waals surface area contributed by atoms with E-state index in [0.717, 1.165) is 5.75 Å². The highest BCUT2D eigenvalue weighted by Gasteiger charge is 2.23. The van der Waals surface area contributed by atoms with Crippen LogP contribution in [0.3, 0.4) is 0 Å². The zero-order chi connectivity index (χ0) is 16.8. The van der Waals surface area contributed by atoms with Gasteiger partial charge in [0.05, 0.1) is 13.2 Å². The Morgan fingerprint density at radius 3 is 2.09 bits per heavy atom. The number of aliphatic hydroxyl groups is 1. The summed E-state index contributed by atoms with van der Waals surface area (Å²) in [6.07, 6.45) is 0.814. The molecule has 0 aromatic heterocycles. The first-order valence-corrected chi connectivity index (χ1v) is 8.22. The molecule has 0 aliphatic rings. The van der Waals surface area contributed by atoms with Crippen LogP contribution in [-0.2, 0) is 4.74 Å². The van der Waals surface area contributed by atoms with Crippen molar-refractivity contribution in [3.63, 3.8) is 0 Å². The minimum absolute atomic E-state index is 0.00943. The van der Waals surface area contributed by atoms with Crippen molar-refractivity contribution in [1.82, 2.24) is 0 Å². The Morgan fingerprint density at radius 2 is 1.64 bits per heavy atom. The van der Waals surface area contributed by atoms with Crippen molar-refractivity contribution < 1.29 is 14.6 Å². The lowest BCUT2D eigenvalue weighted by Crippen LogP contribution is -2.18. The van der Waals surface area contributed by atoms with Gasteiger partial charge in [0.15, 0.2) is 6.29 Å². The normalized spacial score (nSPS) is 14.9. The Labute approximate surface area is 135 Å². The summed E-state index contributed by atoms with van der Waals surface area (Å²) in [5, 5.41) is 8.74. The third kappa shape index (κ3) is 6.80. The van der Waals surface area contributed by atoms with E-state index in [4.69, 9.17) is 14.6 Å². The average Bonchev–Trinajstić information content (AvgIpc) is 2.42. The molecule has 3 nitrogen and oxygen atoms in total. The van der Waals surface area contributed by atoms with Gasteiger partial charge in [-0.3, -0.25) is 0 Å². The maximum atomic E-state index is 8.74. The van der Waals surface area contributed by atoms with Crippen LogP contribution < -0.4 is 4.74 Å². The largest absolute Gasteiger partial charge is 0.465 e. The van der Waals surface area contributed by atoms with E-state index in [1.807, 2.05) is 19.1 Å². The van der Waals surface area contributed by atoms with Gasteiger partial charge in [-0.15, -0.1) is 0 Å². The van der Waals surface area contributed by atoms with Crippen LogP contribution in [0.1, 0.15) is 59.4 Å². The second-order valence-electron chi connectivity index (χ2n) is 7.46. The van der Waals surface area contributed by atoms with Crippen LogP contribution in [0, 0.1) is 11.3 Å². The fraction of sp³-hybridized carbons (Fsp3) is 0.684. The molecule has 0 amide bonds. The first-order valence-electron chi connectivity index (χ1n) is 8.22. The number of benzene rings is 1. The predicted octanol–water partition coefficient (Wildman–Crippen LogP) is 4.60. The van der Waals surface area contributed by atoms with Crippen molar-refractivity contribution in [3.05, 3.63) is 29.8 Å². The third-order valence-corrected chi connectivity index (χ3v) is 3.69. The average molecular weight is 308 g/mol. The summed E-state index contributed by atoms with van der Waals surface area (Å²) in [4.78, 5) is 0. The molecule has 1 aromatic carbocycles. The Balaban J connectivity index is 2.73. The second-order valence-corrected chi connectivity index (χ2v) is 7.46. The maximum Gasteiger partial charge on any atom is 0.197 e. The predicted molar refractivity (Wildman–Crippen MR) is 91.2 cm³/mol. The van der Waals surface area contributed by atoms with Gasteiger partial charge in [-0.1, -0.05) is 46.8 Å². The van der Waals surface area contributed by atoms with E-state index in [2.05, 4.69) is 46.8 Å². The fourth-order valence-electron chi connectivity index (χ4n) is 2.64. The van der Waals surface area contributed by atoms with Gasteiger partial charge < -0.3 is 14.6 Å². The molecule has 0 radical (unpaired) electrons. The van der Waals surface area contributed by atoms with Crippen LogP contribution in [0.4, 0.5) is 0 Å². The molecule has 22 heavy (non-hydrogen) atoms. The third-order valence-electron chi connectivity index (χ3n) is 3.69. The van der Waals surface area contributed by atoms with Crippen LogP contribution in [0.2, 0.25) is 0 Å². The molecule has 0 saturated carbocycles. The van der Waals surface area contributed by atoms with E-state index in [9.17, 15) is 0 Å². The lowest BCUT2D eigenvalue weighted by atomic mass is 9.76. The van der Waals surface area contributed by atoms with Gasteiger partial charge in [0.2, 0.25) is 0 Å². The summed E-state index contributed by atoms with van der Waals surface area (Å²) < 4.78 is 11.0. The molecule has 2 unspecified atom stereocenters. The topological polar surface area (TPSA) is 38.7 Å². The van der Waals surface area contributed by atoms with Crippen molar-refractivity contribution in [2.75, 3.05) is 13.2 Å². The highest BCUT2D eigenvalue weighted by Crippen LogP contribution is 2.36. The van der Waals surface area contributed by atoms with E-state index in [-0.39, 0.29) is 12.9 Å². The van der Waals surface area contributed by atoms with Crippen molar-refractivity contribution in [2.45, 2.75) is 60.2 Å². The molecule has 0 bridgehead atoms. The molecule has 0 heterocycles. The summed E-state index contributed by atoms with van der Waals surface area (Å²) >= 11 is 0. The smallest absolute Gasteiger partial charge is 0.197 e. The van der Waals surface area contributed by atoms with Gasteiger partial charge in [-0.25, -0.2) is 0 Å². The SMILES string of the molecule is CC(OCCO)Oc1ccc(C(CC(C)(C)C)C(C)C)cc1. The molecular formula is C19H32O3. The molecule has 126 valence electrons.